The highest BCUT2D eigenvalue weighted by atomic mass is 16.6. The molecule has 1 aliphatic carbocycles. The highest BCUT2D eigenvalue weighted by Gasteiger charge is 2.49. The number of aliphatic hydroxyl groups excluding tert-OH is 1. The summed E-state index contributed by atoms with van der Waals surface area (Å²) in [6.07, 6.45) is 1.40. The van der Waals surface area contributed by atoms with Crippen molar-refractivity contribution in [3.8, 4) is 0 Å². The molecule has 0 bridgehead atoms. The second kappa shape index (κ2) is 4.14. The van der Waals surface area contributed by atoms with Gasteiger partial charge in [-0.05, 0) is 5.92 Å². The van der Waals surface area contributed by atoms with Crippen LogP contribution in [0.25, 0.3) is 0 Å². The van der Waals surface area contributed by atoms with E-state index in [9.17, 15) is 5.11 Å². The van der Waals surface area contributed by atoms with E-state index in [1.54, 1.807) is 14.2 Å². The first-order chi connectivity index (χ1) is 6.76. The molecule has 4 nitrogen and oxygen atoms in total. The van der Waals surface area contributed by atoms with Crippen LogP contribution >= 0.6 is 0 Å². The van der Waals surface area contributed by atoms with Crippen molar-refractivity contribution in [1.29, 1.82) is 0 Å². The number of rotatable bonds is 3. The fraction of sp³-hybridized carbons (Fsp3) is 1.00. The molecule has 0 spiro atoms. The minimum absolute atomic E-state index is 0.162. The van der Waals surface area contributed by atoms with Crippen molar-refractivity contribution in [1.82, 2.24) is 0 Å². The standard InChI is InChI=1S/C10H18O4/c1-12-5-7-6-3-10(11)14-9(6)4-8(7)13-2/h6-11H,3-5H2,1-2H3/t6?,7-,8?,9+,10?/m0/s1. The van der Waals surface area contributed by atoms with Crippen molar-refractivity contribution >= 4 is 0 Å². The van der Waals surface area contributed by atoms with Crippen LogP contribution < -0.4 is 0 Å². The largest absolute Gasteiger partial charge is 0.384 e. The van der Waals surface area contributed by atoms with Gasteiger partial charge < -0.3 is 19.3 Å². The molecule has 1 aliphatic heterocycles. The summed E-state index contributed by atoms with van der Waals surface area (Å²) in [5.41, 5.74) is 0. The SMILES string of the molecule is COC[C@@H]1C(OC)C[C@H]2OC(O)CC12. The number of hydrogen-bond donors (Lipinski definition) is 1. The van der Waals surface area contributed by atoms with E-state index in [4.69, 9.17) is 14.2 Å². The molecule has 1 N–H and O–H groups in total. The summed E-state index contributed by atoms with van der Waals surface area (Å²) in [5.74, 6) is 0.766. The third-order valence-electron chi connectivity index (χ3n) is 3.44. The average molecular weight is 202 g/mol. The third kappa shape index (κ3) is 1.67. The van der Waals surface area contributed by atoms with Gasteiger partial charge in [0.1, 0.15) is 0 Å². The Balaban J connectivity index is 2.02. The van der Waals surface area contributed by atoms with Crippen LogP contribution in [-0.4, -0.2) is 44.4 Å². The number of ether oxygens (including phenoxy) is 3. The first-order valence-corrected chi connectivity index (χ1v) is 5.11. The molecular formula is C10H18O4. The van der Waals surface area contributed by atoms with Crippen molar-refractivity contribution in [2.45, 2.75) is 31.3 Å². The van der Waals surface area contributed by atoms with Crippen molar-refractivity contribution in [2.24, 2.45) is 11.8 Å². The molecule has 2 fully saturated rings. The van der Waals surface area contributed by atoms with E-state index in [1.807, 2.05) is 0 Å². The van der Waals surface area contributed by atoms with E-state index < -0.39 is 6.29 Å². The molecule has 0 aromatic carbocycles. The highest BCUT2D eigenvalue weighted by Crippen LogP contribution is 2.43. The van der Waals surface area contributed by atoms with Gasteiger partial charge in [-0.1, -0.05) is 0 Å². The van der Waals surface area contributed by atoms with Crippen molar-refractivity contribution in [2.75, 3.05) is 20.8 Å². The highest BCUT2D eigenvalue weighted by molar-refractivity contribution is 4.96. The zero-order valence-electron chi connectivity index (χ0n) is 8.68. The van der Waals surface area contributed by atoms with Gasteiger partial charge in [-0.2, -0.15) is 0 Å². The van der Waals surface area contributed by atoms with Crippen molar-refractivity contribution < 1.29 is 19.3 Å². The van der Waals surface area contributed by atoms with Crippen LogP contribution in [-0.2, 0) is 14.2 Å². The van der Waals surface area contributed by atoms with E-state index in [2.05, 4.69) is 0 Å². The predicted octanol–water partition coefficient (Wildman–Crippen LogP) is 0.391. The lowest BCUT2D eigenvalue weighted by molar-refractivity contribution is -0.0970. The summed E-state index contributed by atoms with van der Waals surface area (Å²) in [4.78, 5) is 0. The van der Waals surface area contributed by atoms with E-state index in [0.717, 1.165) is 12.8 Å². The van der Waals surface area contributed by atoms with Crippen LogP contribution in [0.3, 0.4) is 0 Å². The Morgan fingerprint density at radius 3 is 2.79 bits per heavy atom. The minimum atomic E-state index is -0.581. The van der Waals surface area contributed by atoms with Crippen LogP contribution in [0, 0.1) is 11.8 Å². The van der Waals surface area contributed by atoms with Gasteiger partial charge in [0.15, 0.2) is 6.29 Å². The van der Waals surface area contributed by atoms with Crippen LogP contribution in [0.1, 0.15) is 12.8 Å². The molecular weight excluding hydrogens is 184 g/mol. The quantitative estimate of drug-likeness (QED) is 0.719. The van der Waals surface area contributed by atoms with Crippen LogP contribution in [0.4, 0.5) is 0 Å². The first kappa shape index (κ1) is 10.4. The Kier molecular flexibility index (Phi) is 3.07. The average Bonchev–Trinajstić information content (AvgIpc) is 2.64. The Labute approximate surface area is 84.1 Å². The van der Waals surface area contributed by atoms with Gasteiger partial charge in [-0.3, -0.25) is 0 Å². The van der Waals surface area contributed by atoms with Crippen LogP contribution in [0.2, 0.25) is 0 Å². The molecule has 1 saturated heterocycles. The van der Waals surface area contributed by atoms with Gasteiger partial charge in [0.2, 0.25) is 0 Å². The molecule has 1 saturated carbocycles. The molecule has 3 unspecified atom stereocenters. The fourth-order valence-electron chi connectivity index (χ4n) is 2.80. The van der Waals surface area contributed by atoms with Gasteiger partial charge in [0.25, 0.3) is 0 Å². The number of aliphatic hydroxyl groups is 1. The summed E-state index contributed by atoms with van der Waals surface area (Å²) < 4.78 is 16.0. The summed E-state index contributed by atoms with van der Waals surface area (Å²) in [6.45, 7) is 0.690. The first-order valence-electron chi connectivity index (χ1n) is 5.11. The molecule has 2 rings (SSSR count). The zero-order valence-corrected chi connectivity index (χ0v) is 8.68. The molecule has 0 amide bonds. The van der Waals surface area contributed by atoms with Crippen molar-refractivity contribution in [3.05, 3.63) is 0 Å². The molecule has 14 heavy (non-hydrogen) atoms. The number of hydrogen-bond acceptors (Lipinski definition) is 4. The maximum atomic E-state index is 9.38. The van der Waals surface area contributed by atoms with Gasteiger partial charge >= 0.3 is 0 Å². The van der Waals surface area contributed by atoms with E-state index in [0.29, 0.717) is 18.4 Å². The predicted molar refractivity (Wildman–Crippen MR) is 49.8 cm³/mol. The lowest BCUT2D eigenvalue weighted by atomic mass is 9.93. The lowest BCUT2D eigenvalue weighted by Crippen LogP contribution is -2.26. The smallest absolute Gasteiger partial charge is 0.155 e. The second-order valence-electron chi connectivity index (χ2n) is 4.16. The Bertz CT molecular complexity index is 197. The molecule has 1 heterocycles. The van der Waals surface area contributed by atoms with E-state index in [-0.39, 0.29) is 12.2 Å². The summed E-state index contributed by atoms with van der Waals surface area (Å²) in [5, 5.41) is 9.38. The van der Waals surface area contributed by atoms with Gasteiger partial charge in [-0.15, -0.1) is 0 Å². The monoisotopic (exact) mass is 202 g/mol. The summed E-state index contributed by atoms with van der Waals surface area (Å²) >= 11 is 0. The fourth-order valence-corrected chi connectivity index (χ4v) is 2.80. The topological polar surface area (TPSA) is 47.9 Å². The maximum absolute atomic E-state index is 9.38. The number of methoxy groups -OCH3 is 2. The van der Waals surface area contributed by atoms with Crippen LogP contribution in [0.5, 0.6) is 0 Å². The maximum Gasteiger partial charge on any atom is 0.155 e. The molecule has 4 heteroatoms. The normalized spacial score (nSPS) is 46.9. The molecule has 5 atom stereocenters. The molecule has 0 aromatic rings. The second-order valence-corrected chi connectivity index (χ2v) is 4.16. The van der Waals surface area contributed by atoms with Crippen LogP contribution in [0.15, 0.2) is 0 Å². The molecule has 0 radical (unpaired) electrons. The van der Waals surface area contributed by atoms with E-state index >= 15 is 0 Å². The zero-order chi connectivity index (χ0) is 10.1. The third-order valence-corrected chi connectivity index (χ3v) is 3.44. The summed E-state index contributed by atoms with van der Waals surface area (Å²) in [6, 6.07) is 0. The molecule has 2 aliphatic rings. The minimum Gasteiger partial charge on any atom is -0.384 e. The summed E-state index contributed by atoms with van der Waals surface area (Å²) in [7, 11) is 3.43. The Morgan fingerprint density at radius 2 is 2.14 bits per heavy atom. The van der Waals surface area contributed by atoms with Gasteiger partial charge in [0, 0.05) is 33.0 Å². The lowest BCUT2D eigenvalue weighted by Gasteiger charge is -2.21. The van der Waals surface area contributed by atoms with Gasteiger partial charge in [0.05, 0.1) is 18.8 Å². The number of fused-ring (bicyclic) bond motifs is 1. The molecule has 0 aromatic heterocycles. The Morgan fingerprint density at radius 1 is 1.36 bits per heavy atom. The Hall–Kier alpha value is -0.160. The van der Waals surface area contributed by atoms with E-state index in [1.165, 1.54) is 0 Å². The molecule has 82 valence electrons. The van der Waals surface area contributed by atoms with Gasteiger partial charge in [-0.25, -0.2) is 0 Å². The van der Waals surface area contributed by atoms with Crippen molar-refractivity contribution in [3.63, 3.8) is 0 Å².